The number of benzene rings is 1. The SMILES string of the molecule is O=C(NCC1CCCC1C(=O)O)c1cc(Cl)ccc1Br. The van der Waals surface area contributed by atoms with Gasteiger partial charge in [0, 0.05) is 16.0 Å². The number of amides is 1. The van der Waals surface area contributed by atoms with Gasteiger partial charge < -0.3 is 10.4 Å². The van der Waals surface area contributed by atoms with Crippen molar-refractivity contribution in [1.82, 2.24) is 5.32 Å². The number of halogens is 2. The van der Waals surface area contributed by atoms with Gasteiger partial charge in [-0.2, -0.15) is 0 Å². The van der Waals surface area contributed by atoms with Crippen molar-refractivity contribution >= 4 is 39.4 Å². The highest BCUT2D eigenvalue weighted by molar-refractivity contribution is 9.10. The largest absolute Gasteiger partial charge is 0.481 e. The standard InChI is InChI=1S/C14H15BrClNO3/c15-12-5-4-9(16)6-11(12)13(18)17-7-8-2-1-3-10(8)14(19)20/h4-6,8,10H,1-3,7H2,(H,17,18)(H,19,20). The topological polar surface area (TPSA) is 66.4 Å². The third kappa shape index (κ3) is 3.52. The predicted octanol–water partition coefficient (Wildman–Crippen LogP) is 3.33. The number of hydrogen-bond donors (Lipinski definition) is 2. The highest BCUT2D eigenvalue weighted by Crippen LogP contribution is 2.31. The van der Waals surface area contributed by atoms with Crippen LogP contribution < -0.4 is 5.32 Å². The Morgan fingerprint density at radius 3 is 2.85 bits per heavy atom. The van der Waals surface area contributed by atoms with E-state index in [4.69, 9.17) is 16.7 Å². The van der Waals surface area contributed by atoms with Gasteiger partial charge in [0.15, 0.2) is 0 Å². The molecule has 2 atom stereocenters. The molecule has 0 saturated heterocycles. The van der Waals surface area contributed by atoms with E-state index >= 15 is 0 Å². The quantitative estimate of drug-likeness (QED) is 0.865. The first-order valence-corrected chi connectivity index (χ1v) is 7.62. The molecule has 1 fully saturated rings. The minimum atomic E-state index is -0.773. The lowest BCUT2D eigenvalue weighted by Gasteiger charge is -2.16. The van der Waals surface area contributed by atoms with Crippen LogP contribution in [0.25, 0.3) is 0 Å². The van der Waals surface area contributed by atoms with Crippen molar-refractivity contribution in [2.24, 2.45) is 11.8 Å². The molecule has 2 N–H and O–H groups in total. The van der Waals surface area contributed by atoms with Gasteiger partial charge in [0.2, 0.25) is 0 Å². The molecule has 0 radical (unpaired) electrons. The van der Waals surface area contributed by atoms with Crippen molar-refractivity contribution in [2.75, 3.05) is 6.54 Å². The van der Waals surface area contributed by atoms with Gasteiger partial charge >= 0.3 is 5.97 Å². The number of hydrogen-bond acceptors (Lipinski definition) is 2. The molecule has 1 aliphatic carbocycles. The molecule has 1 aromatic carbocycles. The lowest BCUT2D eigenvalue weighted by Crippen LogP contribution is -2.33. The third-order valence-electron chi connectivity index (χ3n) is 3.67. The molecule has 4 nitrogen and oxygen atoms in total. The van der Waals surface area contributed by atoms with Crippen LogP contribution in [-0.2, 0) is 4.79 Å². The second kappa shape index (κ2) is 6.59. The molecule has 0 aromatic heterocycles. The number of aliphatic carboxylic acids is 1. The second-order valence-corrected chi connectivity index (χ2v) is 6.26. The van der Waals surface area contributed by atoms with Crippen molar-refractivity contribution in [1.29, 1.82) is 0 Å². The third-order valence-corrected chi connectivity index (χ3v) is 4.60. The molecular weight excluding hydrogens is 346 g/mol. The number of carbonyl (C=O) groups excluding carboxylic acids is 1. The Kier molecular flexibility index (Phi) is 5.05. The zero-order chi connectivity index (χ0) is 14.7. The highest BCUT2D eigenvalue weighted by atomic mass is 79.9. The van der Waals surface area contributed by atoms with Gasteiger partial charge in [-0.1, -0.05) is 18.0 Å². The average molecular weight is 361 g/mol. The Morgan fingerprint density at radius 2 is 2.15 bits per heavy atom. The molecule has 0 heterocycles. The monoisotopic (exact) mass is 359 g/mol. The average Bonchev–Trinajstić information content (AvgIpc) is 2.87. The lowest BCUT2D eigenvalue weighted by atomic mass is 9.96. The van der Waals surface area contributed by atoms with Crippen LogP contribution in [0.1, 0.15) is 29.6 Å². The van der Waals surface area contributed by atoms with E-state index in [2.05, 4.69) is 21.2 Å². The van der Waals surface area contributed by atoms with Crippen LogP contribution in [-0.4, -0.2) is 23.5 Å². The van der Waals surface area contributed by atoms with E-state index < -0.39 is 5.97 Å². The minimum absolute atomic E-state index is 0.00871. The van der Waals surface area contributed by atoms with E-state index in [0.29, 0.717) is 28.0 Å². The van der Waals surface area contributed by atoms with Crippen molar-refractivity contribution in [3.05, 3.63) is 33.3 Å². The maximum atomic E-state index is 12.1. The van der Waals surface area contributed by atoms with Crippen molar-refractivity contribution < 1.29 is 14.7 Å². The Morgan fingerprint density at radius 1 is 1.40 bits per heavy atom. The van der Waals surface area contributed by atoms with E-state index in [9.17, 15) is 9.59 Å². The van der Waals surface area contributed by atoms with Crippen molar-refractivity contribution in [3.63, 3.8) is 0 Å². The van der Waals surface area contributed by atoms with Crippen LogP contribution in [0, 0.1) is 11.8 Å². The molecule has 1 aromatic rings. The highest BCUT2D eigenvalue weighted by Gasteiger charge is 2.32. The first-order chi connectivity index (χ1) is 9.49. The molecule has 1 amide bonds. The fourth-order valence-corrected chi connectivity index (χ4v) is 3.20. The van der Waals surface area contributed by atoms with E-state index in [1.807, 2.05) is 0 Å². The summed E-state index contributed by atoms with van der Waals surface area (Å²) in [6.07, 6.45) is 2.43. The second-order valence-electron chi connectivity index (χ2n) is 4.97. The maximum absolute atomic E-state index is 12.1. The molecule has 1 saturated carbocycles. The summed E-state index contributed by atoms with van der Waals surface area (Å²) >= 11 is 9.18. The van der Waals surface area contributed by atoms with Crippen LogP contribution in [0.4, 0.5) is 0 Å². The van der Waals surface area contributed by atoms with E-state index in [-0.39, 0.29) is 17.7 Å². The Bertz CT molecular complexity index is 535. The number of carboxylic acid groups (broad SMARTS) is 1. The smallest absolute Gasteiger partial charge is 0.306 e. The molecule has 2 rings (SSSR count). The van der Waals surface area contributed by atoms with E-state index in [0.717, 1.165) is 12.8 Å². The molecule has 20 heavy (non-hydrogen) atoms. The molecule has 0 bridgehead atoms. The first kappa shape index (κ1) is 15.3. The zero-order valence-corrected chi connectivity index (χ0v) is 13.1. The summed E-state index contributed by atoms with van der Waals surface area (Å²) in [7, 11) is 0. The summed E-state index contributed by atoms with van der Waals surface area (Å²) in [5.41, 5.74) is 0.461. The van der Waals surface area contributed by atoms with Crippen LogP contribution in [0.15, 0.2) is 22.7 Å². The zero-order valence-electron chi connectivity index (χ0n) is 10.7. The van der Waals surface area contributed by atoms with Gasteiger partial charge in [-0.3, -0.25) is 9.59 Å². The fourth-order valence-electron chi connectivity index (χ4n) is 2.60. The number of carboxylic acids is 1. The van der Waals surface area contributed by atoms with Crippen LogP contribution in [0.3, 0.4) is 0 Å². The molecule has 6 heteroatoms. The van der Waals surface area contributed by atoms with Gasteiger partial charge in [0.1, 0.15) is 0 Å². The molecule has 108 valence electrons. The minimum Gasteiger partial charge on any atom is -0.481 e. The van der Waals surface area contributed by atoms with Gasteiger partial charge in [-0.05, 0) is 52.9 Å². The summed E-state index contributed by atoms with van der Waals surface area (Å²) in [5, 5.41) is 12.4. The Balaban J connectivity index is 1.98. The molecular formula is C14H15BrClNO3. The van der Waals surface area contributed by atoms with Gasteiger partial charge in [0.05, 0.1) is 11.5 Å². The molecule has 0 aliphatic heterocycles. The maximum Gasteiger partial charge on any atom is 0.306 e. The summed E-state index contributed by atoms with van der Waals surface area (Å²) < 4.78 is 0.667. The van der Waals surface area contributed by atoms with E-state index in [1.165, 1.54) is 0 Å². The summed E-state index contributed by atoms with van der Waals surface area (Å²) in [6.45, 7) is 0.384. The van der Waals surface area contributed by atoms with Crippen LogP contribution >= 0.6 is 27.5 Å². The van der Waals surface area contributed by atoms with E-state index in [1.54, 1.807) is 18.2 Å². The summed E-state index contributed by atoms with van der Waals surface area (Å²) in [4.78, 5) is 23.2. The van der Waals surface area contributed by atoms with Gasteiger partial charge in [-0.25, -0.2) is 0 Å². The van der Waals surface area contributed by atoms with Crippen LogP contribution in [0.5, 0.6) is 0 Å². The molecule has 1 aliphatic rings. The molecule has 2 unspecified atom stereocenters. The first-order valence-electron chi connectivity index (χ1n) is 6.45. The number of carbonyl (C=O) groups is 2. The van der Waals surface area contributed by atoms with Crippen molar-refractivity contribution in [2.45, 2.75) is 19.3 Å². The van der Waals surface area contributed by atoms with Crippen molar-refractivity contribution in [3.8, 4) is 0 Å². The Hall–Kier alpha value is -1.07. The predicted molar refractivity (Wildman–Crippen MR) is 80.0 cm³/mol. The lowest BCUT2D eigenvalue weighted by molar-refractivity contribution is -0.142. The normalized spacial score (nSPS) is 21.7. The summed E-state index contributed by atoms with van der Waals surface area (Å²) in [6, 6.07) is 5.00. The van der Waals surface area contributed by atoms with Crippen LogP contribution in [0.2, 0.25) is 5.02 Å². The van der Waals surface area contributed by atoms with Gasteiger partial charge in [0.25, 0.3) is 5.91 Å². The fraction of sp³-hybridized carbons (Fsp3) is 0.429. The number of rotatable bonds is 4. The summed E-state index contributed by atoms with van der Waals surface area (Å²) in [5.74, 6) is -1.35. The Labute approximate surface area is 130 Å². The number of nitrogens with one attached hydrogen (secondary N) is 1. The van der Waals surface area contributed by atoms with Gasteiger partial charge in [-0.15, -0.1) is 0 Å². The molecule has 0 spiro atoms.